The molecule has 21 heavy (non-hydrogen) atoms. The maximum absolute atomic E-state index is 11.3. The van der Waals surface area contributed by atoms with E-state index < -0.39 is 11.5 Å². The summed E-state index contributed by atoms with van der Waals surface area (Å²) in [7, 11) is 0. The number of rotatable bonds is 11. The van der Waals surface area contributed by atoms with Gasteiger partial charge in [-0.15, -0.1) is 0 Å². The number of hydrogen-bond donors (Lipinski definition) is 2. The number of aliphatic carboxylic acids is 1. The van der Waals surface area contributed by atoms with Crippen LogP contribution in [0.3, 0.4) is 0 Å². The molecule has 1 aromatic rings. The van der Waals surface area contributed by atoms with Crippen molar-refractivity contribution in [3.8, 4) is 5.75 Å². The second kappa shape index (κ2) is 9.37. The number of nitrogens with one attached hydrogen (secondary N) is 1. The molecule has 0 amide bonds. The lowest BCUT2D eigenvalue weighted by Crippen LogP contribution is -2.50. The molecule has 2 N–H and O–H groups in total. The maximum atomic E-state index is 11.3. The Balaban J connectivity index is 2.18. The molecule has 118 valence electrons. The Kier molecular flexibility index (Phi) is 7.79. The number of benzene rings is 1. The first-order valence-corrected chi connectivity index (χ1v) is 7.32. The van der Waals surface area contributed by atoms with Crippen molar-refractivity contribution in [1.82, 2.24) is 5.32 Å². The van der Waals surface area contributed by atoms with Crippen LogP contribution in [0.4, 0.5) is 0 Å². The fourth-order valence-electron chi connectivity index (χ4n) is 1.79. The number of hydrogen-bond acceptors (Lipinski definition) is 4. The van der Waals surface area contributed by atoms with Crippen molar-refractivity contribution in [3.63, 3.8) is 0 Å². The highest BCUT2D eigenvalue weighted by molar-refractivity contribution is 5.78. The topological polar surface area (TPSA) is 67.8 Å². The molecule has 0 aliphatic rings. The Hall–Kier alpha value is -1.59. The minimum atomic E-state index is -0.934. The molecule has 0 saturated heterocycles. The lowest BCUT2D eigenvalue weighted by molar-refractivity contribution is -0.145. The van der Waals surface area contributed by atoms with E-state index in [0.717, 1.165) is 12.2 Å². The quantitative estimate of drug-likeness (QED) is 0.613. The SMILES string of the molecule is CCCNC(C)(CCOCCOc1ccccc1)C(=O)O. The smallest absolute Gasteiger partial charge is 0.323 e. The molecule has 0 heterocycles. The van der Waals surface area contributed by atoms with E-state index in [2.05, 4.69) is 5.32 Å². The predicted octanol–water partition coefficient (Wildman–Crippen LogP) is 2.31. The monoisotopic (exact) mass is 295 g/mol. The molecule has 0 saturated carbocycles. The first-order valence-electron chi connectivity index (χ1n) is 7.32. The summed E-state index contributed by atoms with van der Waals surface area (Å²) in [6.45, 7) is 5.66. The summed E-state index contributed by atoms with van der Waals surface area (Å²) in [4.78, 5) is 11.3. The third kappa shape index (κ3) is 6.60. The summed E-state index contributed by atoms with van der Waals surface area (Å²) in [5.41, 5.74) is -0.934. The van der Waals surface area contributed by atoms with Crippen molar-refractivity contribution in [3.05, 3.63) is 30.3 Å². The van der Waals surface area contributed by atoms with Gasteiger partial charge < -0.3 is 19.9 Å². The van der Waals surface area contributed by atoms with Crippen LogP contribution in [0, 0.1) is 0 Å². The van der Waals surface area contributed by atoms with Crippen LogP contribution < -0.4 is 10.1 Å². The Bertz CT molecular complexity index is 410. The lowest BCUT2D eigenvalue weighted by Gasteiger charge is -2.26. The number of carboxylic acids is 1. The van der Waals surface area contributed by atoms with E-state index in [1.807, 2.05) is 37.3 Å². The summed E-state index contributed by atoms with van der Waals surface area (Å²) in [6.07, 6.45) is 1.32. The van der Waals surface area contributed by atoms with Crippen LogP contribution in [-0.4, -0.2) is 43.0 Å². The highest BCUT2D eigenvalue weighted by atomic mass is 16.5. The number of carbonyl (C=O) groups is 1. The van der Waals surface area contributed by atoms with Crippen molar-refractivity contribution in [2.24, 2.45) is 0 Å². The van der Waals surface area contributed by atoms with Gasteiger partial charge in [-0.05, 0) is 38.4 Å². The molecular weight excluding hydrogens is 270 g/mol. The van der Waals surface area contributed by atoms with Gasteiger partial charge in [0.1, 0.15) is 17.9 Å². The van der Waals surface area contributed by atoms with Crippen LogP contribution >= 0.6 is 0 Å². The van der Waals surface area contributed by atoms with Crippen molar-refractivity contribution in [2.45, 2.75) is 32.2 Å². The number of para-hydroxylation sites is 1. The van der Waals surface area contributed by atoms with Crippen LogP contribution in [0.2, 0.25) is 0 Å². The first-order chi connectivity index (χ1) is 10.1. The molecule has 0 aliphatic heterocycles. The number of ether oxygens (including phenoxy) is 2. The molecule has 1 aromatic carbocycles. The van der Waals surface area contributed by atoms with E-state index in [1.165, 1.54) is 0 Å². The van der Waals surface area contributed by atoms with Gasteiger partial charge in [0.15, 0.2) is 0 Å². The van der Waals surface area contributed by atoms with Crippen LogP contribution in [0.5, 0.6) is 5.75 Å². The highest BCUT2D eigenvalue weighted by Gasteiger charge is 2.31. The summed E-state index contributed by atoms with van der Waals surface area (Å²) < 4.78 is 10.9. The van der Waals surface area contributed by atoms with Gasteiger partial charge in [-0.25, -0.2) is 0 Å². The molecule has 0 fully saturated rings. The maximum Gasteiger partial charge on any atom is 0.323 e. The molecule has 0 bridgehead atoms. The molecule has 1 unspecified atom stereocenters. The van der Waals surface area contributed by atoms with Crippen LogP contribution in [-0.2, 0) is 9.53 Å². The highest BCUT2D eigenvalue weighted by Crippen LogP contribution is 2.11. The van der Waals surface area contributed by atoms with Gasteiger partial charge in [0.25, 0.3) is 0 Å². The van der Waals surface area contributed by atoms with Gasteiger partial charge in [-0.1, -0.05) is 25.1 Å². The van der Waals surface area contributed by atoms with Crippen LogP contribution in [0.15, 0.2) is 30.3 Å². The molecule has 5 heteroatoms. The molecule has 0 aliphatic carbocycles. The van der Waals surface area contributed by atoms with E-state index in [0.29, 0.717) is 32.8 Å². The van der Waals surface area contributed by atoms with Crippen LogP contribution in [0.1, 0.15) is 26.7 Å². The standard InChI is InChI=1S/C16H25NO4/c1-3-10-17-16(2,15(18)19)9-11-20-12-13-21-14-7-5-4-6-8-14/h4-8,17H,3,9-13H2,1-2H3,(H,18,19). The lowest BCUT2D eigenvalue weighted by atomic mass is 9.98. The largest absolute Gasteiger partial charge is 0.491 e. The van der Waals surface area contributed by atoms with Crippen molar-refractivity contribution in [2.75, 3.05) is 26.4 Å². The summed E-state index contributed by atoms with van der Waals surface area (Å²) in [6, 6.07) is 9.52. The molecule has 1 atom stereocenters. The summed E-state index contributed by atoms with van der Waals surface area (Å²) in [5.74, 6) is -0.0406. The van der Waals surface area contributed by atoms with E-state index in [1.54, 1.807) is 6.92 Å². The van der Waals surface area contributed by atoms with Gasteiger partial charge in [-0.3, -0.25) is 4.79 Å². The van der Waals surface area contributed by atoms with Crippen molar-refractivity contribution < 1.29 is 19.4 Å². The molecule has 0 aromatic heterocycles. The van der Waals surface area contributed by atoms with E-state index >= 15 is 0 Å². The molecule has 5 nitrogen and oxygen atoms in total. The fourth-order valence-corrected chi connectivity index (χ4v) is 1.79. The van der Waals surface area contributed by atoms with Gasteiger partial charge >= 0.3 is 5.97 Å². The Morgan fingerprint density at radius 1 is 1.24 bits per heavy atom. The molecular formula is C16H25NO4. The normalized spacial score (nSPS) is 13.6. The van der Waals surface area contributed by atoms with Crippen molar-refractivity contribution >= 4 is 5.97 Å². The van der Waals surface area contributed by atoms with Gasteiger partial charge in [0.2, 0.25) is 0 Å². The summed E-state index contributed by atoms with van der Waals surface area (Å²) in [5, 5.41) is 12.3. The average molecular weight is 295 g/mol. The first kappa shape index (κ1) is 17.5. The zero-order valence-corrected chi connectivity index (χ0v) is 12.8. The fraction of sp³-hybridized carbons (Fsp3) is 0.562. The second-order valence-corrected chi connectivity index (χ2v) is 5.09. The third-order valence-corrected chi connectivity index (χ3v) is 3.22. The average Bonchev–Trinajstić information content (AvgIpc) is 2.49. The zero-order chi connectivity index (χ0) is 15.6. The van der Waals surface area contributed by atoms with Crippen molar-refractivity contribution in [1.29, 1.82) is 0 Å². The Morgan fingerprint density at radius 2 is 1.95 bits per heavy atom. The predicted molar refractivity (Wildman–Crippen MR) is 81.7 cm³/mol. The second-order valence-electron chi connectivity index (χ2n) is 5.09. The van der Waals surface area contributed by atoms with E-state index in [-0.39, 0.29) is 0 Å². The minimum absolute atomic E-state index is 0.387. The third-order valence-electron chi connectivity index (χ3n) is 3.22. The zero-order valence-electron chi connectivity index (χ0n) is 12.8. The van der Waals surface area contributed by atoms with Gasteiger partial charge in [0.05, 0.1) is 6.61 Å². The minimum Gasteiger partial charge on any atom is -0.491 e. The Labute approximate surface area is 126 Å². The van der Waals surface area contributed by atoms with Gasteiger partial charge in [0, 0.05) is 6.61 Å². The molecule has 0 radical (unpaired) electrons. The van der Waals surface area contributed by atoms with Gasteiger partial charge in [-0.2, -0.15) is 0 Å². The number of carboxylic acid groups (broad SMARTS) is 1. The Morgan fingerprint density at radius 3 is 2.57 bits per heavy atom. The van der Waals surface area contributed by atoms with E-state index in [9.17, 15) is 9.90 Å². The molecule has 1 rings (SSSR count). The van der Waals surface area contributed by atoms with E-state index in [4.69, 9.17) is 9.47 Å². The summed E-state index contributed by atoms with van der Waals surface area (Å²) >= 11 is 0. The molecule has 0 spiro atoms. The van der Waals surface area contributed by atoms with Crippen LogP contribution in [0.25, 0.3) is 0 Å².